The summed E-state index contributed by atoms with van der Waals surface area (Å²) in [5, 5.41) is 7.56. The zero-order valence-electron chi connectivity index (χ0n) is 19.2. The number of amides is 2. The molecule has 2 amide bonds. The summed E-state index contributed by atoms with van der Waals surface area (Å²) >= 11 is 2.18. The van der Waals surface area contributed by atoms with Crippen molar-refractivity contribution >= 4 is 40.7 Å². The van der Waals surface area contributed by atoms with E-state index in [1.54, 1.807) is 30.1 Å². The van der Waals surface area contributed by atoms with Crippen molar-refractivity contribution in [2.24, 2.45) is 0 Å². The number of imidazole rings is 1. The molecule has 3 aromatic heterocycles. The monoisotopic (exact) mass is 526 g/mol. The first-order valence-corrected chi connectivity index (χ1v) is 12.8. The number of carbonyl (C=O) groups is 1. The van der Waals surface area contributed by atoms with Crippen molar-refractivity contribution in [3.63, 3.8) is 0 Å². The quantitative estimate of drug-likeness (QED) is 0.470. The largest absolute Gasteiger partial charge is 0.365 e. The Balaban J connectivity index is 1.48. The van der Waals surface area contributed by atoms with Gasteiger partial charge in [-0.25, -0.2) is 22.9 Å². The van der Waals surface area contributed by atoms with E-state index >= 15 is 0 Å². The summed E-state index contributed by atoms with van der Waals surface area (Å²) in [6.45, 7) is 1.91. The lowest BCUT2D eigenvalue weighted by Gasteiger charge is -2.37. The van der Waals surface area contributed by atoms with Gasteiger partial charge in [-0.05, 0) is 30.9 Å². The SMILES string of the molecule is CN(C)C(=O)N1CCN(c2cc(SNC3(CF)CC3)cn3c(-c4nnc(C(F)F)s4)cnc23)CC1. The van der Waals surface area contributed by atoms with Crippen molar-refractivity contribution in [1.82, 2.24) is 34.1 Å². The zero-order chi connectivity index (χ0) is 24.7. The van der Waals surface area contributed by atoms with Crippen LogP contribution in [0, 0.1) is 0 Å². The number of alkyl halides is 3. The van der Waals surface area contributed by atoms with E-state index < -0.39 is 18.6 Å². The summed E-state index contributed by atoms with van der Waals surface area (Å²) in [5.74, 6) is 0. The third-order valence-electron chi connectivity index (χ3n) is 6.18. The van der Waals surface area contributed by atoms with Crippen LogP contribution in [0.3, 0.4) is 0 Å². The highest BCUT2D eigenvalue weighted by Crippen LogP contribution is 2.40. The third kappa shape index (κ3) is 4.78. The predicted molar refractivity (Wildman–Crippen MR) is 129 cm³/mol. The van der Waals surface area contributed by atoms with Crippen molar-refractivity contribution in [2.45, 2.75) is 29.7 Å². The van der Waals surface area contributed by atoms with E-state index in [4.69, 9.17) is 0 Å². The smallest absolute Gasteiger partial charge is 0.319 e. The Labute approximate surface area is 208 Å². The molecule has 2 fully saturated rings. The number of fused-ring (bicyclic) bond motifs is 1. The van der Waals surface area contributed by atoms with Gasteiger partial charge in [0.1, 0.15) is 12.4 Å². The second kappa shape index (κ2) is 9.47. The molecule has 1 aliphatic carbocycles. The van der Waals surface area contributed by atoms with Gasteiger partial charge in [0.25, 0.3) is 6.43 Å². The highest BCUT2D eigenvalue weighted by molar-refractivity contribution is 7.97. The van der Waals surface area contributed by atoms with Gasteiger partial charge >= 0.3 is 6.03 Å². The minimum Gasteiger partial charge on any atom is -0.365 e. The first kappa shape index (κ1) is 24.1. The lowest BCUT2D eigenvalue weighted by molar-refractivity contribution is 0.150. The van der Waals surface area contributed by atoms with Crippen LogP contribution in [0.25, 0.3) is 16.3 Å². The molecule has 1 N–H and O–H groups in total. The molecule has 0 radical (unpaired) electrons. The number of pyridine rings is 1. The predicted octanol–water partition coefficient (Wildman–Crippen LogP) is 3.69. The first-order valence-electron chi connectivity index (χ1n) is 11.1. The van der Waals surface area contributed by atoms with Gasteiger partial charge < -0.3 is 14.7 Å². The number of urea groups is 1. The summed E-state index contributed by atoms with van der Waals surface area (Å²) in [5.41, 5.74) is 1.57. The lowest BCUT2D eigenvalue weighted by atomic mass is 10.2. The Bertz CT molecular complexity index is 1220. The molecule has 188 valence electrons. The van der Waals surface area contributed by atoms with Crippen LogP contribution < -0.4 is 9.62 Å². The van der Waals surface area contributed by atoms with E-state index in [-0.39, 0.29) is 11.0 Å². The third-order valence-corrected chi connectivity index (χ3v) is 8.12. The fourth-order valence-corrected chi connectivity index (χ4v) is 5.55. The second-order valence-electron chi connectivity index (χ2n) is 8.91. The molecular formula is C21H25F3N8OS2. The number of carbonyl (C=O) groups excluding carboxylic acids is 1. The van der Waals surface area contributed by atoms with Crippen LogP contribution in [0.15, 0.2) is 23.4 Å². The molecule has 14 heteroatoms. The number of nitrogens with zero attached hydrogens (tertiary/aromatic N) is 7. The molecule has 9 nitrogen and oxygen atoms in total. The van der Waals surface area contributed by atoms with Gasteiger partial charge in [-0.3, -0.25) is 9.12 Å². The second-order valence-corrected chi connectivity index (χ2v) is 10.8. The van der Waals surface area contributed by atoms with E-state index in [0.717, 1.165) is 34.8 Å². The van der Waals surface area contributed by atoms with Gasteiger partial charge in [-0.2, -0.15) is 0 Å². The number of aromatic nitrogens is 4. The molecule has 4 heterocycles. The summed E-state index contributed by atoms with van der Waals surface area (Å²) < 4.78 is 44.7. The van der Waals surface area contributed by atoms with Gasteiger partial charge in [0, 0.05) is 51.4 Å². The van der Waals surface area contributed by atoms with Crippen molar-refractivity contribution in [3.8, 4) is 10.7 Å². The Kier molecular flexibility index (Phi) is 6.53. The molecule has 0 aromatic carbocycles. The maximum Gasteiger partial charge on any atom is 0.319 e. The number of hydrogen-bond donors (Lipinski definition) is 1. The molecule has 35 heavy (non-hydrogen) atoms. The van der Waals surface area contributed by atoms with Crippen LogP contribution in [0.5, 0.6) is 0 Å². The van der Waals surface area contributed by atoms with Crippen LogP contribution in [0.4, 0.5) is 23.7 Å². The molecule has 2 aliphatic rings. The standard InChI is InChI=1S/C21H25F3N8OS2/c1-29(2)20(33)31-7-5-30(6-8-31)14-9-13(35-28-21(12-22)3-4-21)11-32-15(10-25-17(14)32)18-26-27-19(34-18)16(23)24/h9-11,16,28H,3-8,12H2,1-2H3. The summed E-state index contributed by atoms with van der Waals surface area (Å²) in [7, 11) is 3.46. The zero-order valence-corrected chi connectivity index (χ0v) is 20.9. The first-order chi connectivity index (χ1) is 16.8. The average molecular weight is 527 g/mol. The minimum absolute atomic E-state index is 0.0292. The van der Waals surface area contributed by atoms with Gasteiger partial charge in [0.05, 0.1) is 17.4 Å². The van der Waals surface area contributed by atoms with Crippen molar-refractivity contribution in [2.75, 3.05) is 51.8 Å². The highest BCUT2D eigenvalue weighted by atomic mass is 32.2. The van der Waals surface area contributed by atoms with Crippen LogP contribution in [0.2, 0.25) is 0 Å². The van der Waals surface area contributed by atoms with E-state index in [2.05, 4.69) is 24.8 Å². The van der Waals surface area contributed by atoms with Crippen molar-refractivity contribution < 1.29 is 18.0 Å². The van der Waals surface area contributed by atoms with Gasteiger partial charge in [0.15, 0.2) is 15.7 Å². The number of anilines is 1. The normalized spacial score (nSPS) is 17.4. The number of halogens is 3. The topological polar surface area (TPSA) is 81.9 Å². The van der Waals surface area contributed by atoms with Crippen molar-refractivity contribution in [1.29, 1.82) is 0 Å². The van der Waals surface area contributed by atoms with Crippen LogP contribution in [-0.4, -0.2) is 87.9 Å². The van der Waals surface area contributed by atoms with Gasteiger partial charge in [-0.1, -0.05) is 11.3 Å². The molecule has 0 unspecified atom stereocenters. The summed E-state index contributed by atoms with van der Waals surface area (Å²) in [6, 6.07) is 1.96. The van der Waals surface area contributed by atoms with Crippen LogP contribution in [-0.2, 0) is 0 Å². The summed E-state index contributed by atoms with van der Waals surface area (Å²) in [6.07, 6.45) is 2.33. The fourth-order valence-electron chi connectivity index (χ4n) is 3.92. The Morgan fingerprint density at radius 2 is 2.00 bits per heavy atom. The lowest BCUT2D eigenvalue weighted by Crippen LogP contribution is -2.51. The van der Waals surface area contributed by atoms with Crippen LogP contribution >= 0.6 is 23.3 Å². The molecule has 3 aromatic rings. The van der Waals surface area contributed by atoms with Gasteiger partial charge in [-0.15, -0.1) is 10.2 Å². The highest BCUT2D eigenvalue weighted by Gasteiger charge is 2.43. The average Bonchev–Trinajstić information content (AvgIpc) is 3.25. The Hall–Kier alpha value is -2.58. The molecule has 1 saturated carbocycles. The molecule has 1 saturated heterocycles. The number of rotatable bonds is 7. The maximum atomic E-state index is 13.4. The van der Waals surface area contributed by atoms with E-state index in [1.807, 2.05) is 16.7 Å². The number of hydrogen-bond acceptors (Lipinski definition) is 8. The maximum absolute atomic E-state index is 13.4. The Morgan fingerprint density at radius 3 is 2.60 bits per heavy atom. The fraction of sp³-hybridized carbons (Fsp3) is 0.524. The summed E-state index contributed by atoms with van der Waals surface area (Å²) in [4.78, 5) is 23.3. The Morgan fingerprint density at radius 1 is 1.26 bits per heavy atom. The molecule has 0 atom stereocenters. The number of nitrogens with one attached hydrogen (secondary N) is 1. The van der Waals surface area contributed by atoms with Gasteiger partial charge in [0.2, 0.25) is 0 Å². The van der Waals surface area contributed by atoms with Crippen LogP contribution in [0.1, 0.15) is 24.3 Å². The van der Waals surface area contributed by atoms with E-state index in [1.165, 1.54) is 11.9 Å². The van der Waals surface area contributed by atoms with E-state index in [0.29, 0.717) is 42.5 Å². The number of piperazine rings is 1. The molecule has 0 spiro atoms. The molecule has 1 aliphatic heterocycles. The van der Waals surface area contributed by atoms with Crippen molar-refractivity contribution in [3.05, 3.63) is 23.5 Å². The molecular weight excluding hydrogens is 501 g/mol. The molecule has 5 rings (SSSR count). The van der Waals surface area contributed by atoms with E-state index in [9.17, 15) is 18.0 Å². The minimum atomic E-state index is -2.69. The molecule has 0 bridgehead atoms.